The summed E-state index contributed by atoms with van der Waals surface area (Å²) in [4.78, 5) is 0.144. The third-order valence-corrected chi connectivity index (χ3v) is 4.67. The van der Waals surface area contributed by atoms with Gasteiger partial charge in [-0.15, -0.1) is 0 Å². The van der Waals surface area contributed by atoms with Crippen LogP contribution < -0.4 is 15.2 Å². The summed E-state index contributed by atoms with van der Waals surface area (Å²) in [7, 11) is -2.16. The maximum absolute atomic E-state index is 12.4. The summed E-state index contributed by atoms with van der Waals surface area (Å²) in [5, 5.41) is 0. The quantitative estimate of drug-likeness (QED) is 0.851. The van der Waals surface area contributed by atoms with Crippen LogP contribution in [0.1, 0.15) is 11.1 Å². The molecule has 0 aliphatic rings. The first-order valence-electron chi connectivity index (χ1n) is 6.37. The first-order chi connectivity index (χ1) is 9.83. The summed E-state index contributed by atoms with van der Waals surface area (Å²) in [5.74, 6) is 0.579. The monoisotopic (exact) mass is 306 g/mol. The Labute approximate surface area is 124 Å². The topological polar surface area (TPSA) is 81.4 Å². The molecule has 0 bridgehead atoms. The fourth-order valence-electron chi connectivity index (χ4n) is 1.91. The van der Waals surface area contributed by atoms with Gasteiger partial charge in [-0.1, -0.05) is 6.07 Å². The number of sulfonamides is 1. The maximum atomic E-state index is 12.4. The summed E-state index contributed by atoms with van der Waals surface area (Å²) in [6.45, 7) is 3.69. The summed E-state index contributed by atoms with van der Waals surface area (Å²) in [6.07, 6.45) is 0. The average molecular weight is 306 g/mol. The van der Waals surface area contributed by atoms with Crippen molar-refractivity contribution in [1.29, 1.82) is 0 Å². The molecule has 112 valence electrons. The highest BCUT2D eigenvalue weighted by molar-refractivity contribution is 7.92. The van der Waals surface area contributed by atoms with Gasteiger partial charge in [0.1, 0.15) is 5.75 Å². The number of ether oxygens (including phenoxy) is 1. The highest BCUT2D eigenvalue weighted by Crippen LogP contribution is 2.24. The minimum absolute atomic E-state index is 0.144. The van der Waals surface area contributed by atoms with Crippen molar-refractivity contribution in [1.82, 2.24) is 0 Å². The number of benzene rings is 2. The second kappa shape index (κ2) is 5.65. The molecule has 0 unspecified atom stereocenters. The van der Waals surface area contributed by atoms with Crippen molar-refractivity contribution in [2.45, 2.75) is 18.7 Å². The number of hydrogen-bond donors (Lipinski definition) is 2. The Bertz CT molecular complexity index is 747. The molecule has 0 saturated carbocycles. The summed E-state index contributed by atoms with van der Waals surface area (Å²) < 4.78 is 32.4. The van der Waals surface area contributed by atoms with E-state index in [4.69, 9.17) is 10.5 Å². The fraction of sp³-hybridized carbons (Fsp3) is 0.200. The second-order valence-electron chi connectivity index (χ2n) is 4.79. The molecule has 0 saturated heterocycles. The van der Waals surface area contributed by atoms with Crippen molar-refractivity contribution in [3.63, 3.8) is 0 Å². The number of nitrogens with one attached hydrogen (secondary N) is 1. The summed E-state index contributed by atoms with van der Waals surface area (Å²) in [6, 6.07) is 9.79. The number of nitrogen functional groups attached to an aromatic ring is 1. The van der Waals surface area contributed by atoms with Gasteiger partial charge in [-0.05, 0) is 49.2 Å². The molecule has 0 aliphatic carbocycles. The van der Waals surface area contributed by atoms with Crippen molar-refractivity contribution in [2.75, 3.05) is 17.6 Å². The average Bonchev–Trinajstić information content (AvgIpc) is 2.44. The van der Waals surface area contributed by atoms with E-state index in [9.17, 15) is 8.42 Å². The Hall–Kier alpha value is -2.21. The molecule has 21 heavy (non-hydrogen) atoms. The first kappa shape index (κ1) is 15.2. The van der Waals surface area contributed by atoms with Crippen molar-refractivity contribution >= 4 is 21.4 Å². The third-order valence-electron chi connectivity index (χ3n) is 3.31. The number of nitrogens with two attached hydrogens (primary N) is 1. The molecular weight excluding hydrogens is 288 g/mol. The van der Waals surface area contributed by atoms with Crippen LogP contribution in [0.2, 0.25) is 0 Å². The number of aryl methyl sites for hydroxylation is 1. The zero-order valence-electron chi connectivity index (χ0n) is 12.2. The summed E-state index contributed by atoms with van der Waals surface area (Å²) >= 11 is 0. The maximum Gasteiger partial charge on any atom is 0.261 e. The van der Waals surface area contributed by atoms with E-state index < -0.39 is 10.0 Å². The summed E-state index contributed by atoms with van der Waals surface area (Å²) in [5.41, 5.74) is 8.46. The van der Waals surface area contributed by atoms with Crippen LogP contribution in [0.3, 0.4) is 0 Å². The van der Waals surface area contributed by atoms with Crippen LogP contribution in [-0.2, 0) is 10.0 Å². The van der Waals surface area contributed by atoms with E-state index in [0.29, 0.717) is 17.1 Å². The van der Waals surface area contributed by atoms with E-state index in [0.717, 1.165) is 11.1 Å². The van der Waals surface area contributed by atoms with Gasteiger partial charge in [-0.25, -0.2) is 8.42 Å². The number of hydrogen-bond acceptors (Lipinski definition) is 4. The molecule has 0 heterocycles. The highest BCUT2D eigenvalue weighted by atomic mass is 32.2. The second-order valence-corrected chi connectivity index (χ2v) is 6.47. The van der Waals surface area contributed by atoms with Gasteiger partial charge < -0.3 is 10.5 Å². The van der Waals surface area contributed by atoms with Crippen LogP contribution in [-0.4, -0.2) is 15.5 Å². The molecule has 2 rings (SSSR count). The molecule has 0 spiro atoms. The first-order valence-corrected chi connectivity index (χ1v) is 7.85. The molecule has 2 aromatic carbocycles. The van der Waals surface area contributed by atoms with E-state index >= 15 is 0 Å². The van der Waals surface area contributed by atoms with Crippen molar-refractivity contribution in [3.8, 4) is 5.75 Å². The van der Waals surface area contributed by atoms with E-state index in [1.807, 2.05) is 13.8 Å². The molecule has 0 fully saturated rings. The van der Waals surface area contributed by atoms with E-state index in [-0.39, 0.29) is 4.90 Å². The van der Waals surface area contributed by atoms with Gasteiger partial charge in [-0.3, -0.25) is 4.72 Å². The minimum Gasteiger partial charge on any atom is -0.497 e. The van der Waals surface area contributed by atoms with Gasteiger partial charge in [0.2, 0.25) is 0 Å². The predicted molar refractivity (Wildman–Crippen MR) is 84.1 cm³/mol. The molecule has 3 N–H and O–H groups in total. The lowest BCUT2D eigenvalue weighted by Crippen LogP contribution is -2.14. The lowest BCUT2D eigenvalue weighted by atomic mass is 10.1. The highest BCUT2D eigenvalue weighted by Gasteiger charge is 2.16. The fourth-order valence-corrected chi connectivity index (χ4v) is 3.08. The van der Waals surface area contributed by atoms with Gasteiger partial charge in [0, 0.05) is 11.8 Å². The van der Waals surface area contributed by atoms with Crippen molar-refractivity contribution in [3.05, 3.63) is 47.5 Å². The van der Waals surface area contributed by atoms with Gasteiger partial charge in [0.05, 0.1) is 17.7 Å². The van der Waals surface area contributed by atoms with Crippen LogP contribution in [0.15, 0.2) is 41.3 Å². The minimum atomic E-state index is -3.69. The SMILES string of the molecule is COc1cccc(NS(=O)(=O)c2cc(C)c(C)c(N)c2)c1. The van der Waals surface area contributed by atoms with Crippen LogP contribution in [0.4, 0.5) is 11.4 Å². The molecule has 0 aliphatic heterocycles. The number of rotatable bonds is 4. The Morgan fingerprint density at radius 1 is 1.14 bits per heavy atom. The molecular formula is C15H18N2O3S. The zero-order chi connectivity index (χ0) is 15.6. The molecule has 6 heteroatoms. The lowest BCUT2D eigenvalue weighted by Gasteiger charge is -2.12. The standard InChI is InChI=1S/C15H18N2O3S/c1-10-7-14(9-15(16)11(10)2)21(18,19)17-12-5-4-6-13(8-12)20-3/h4-9,17H,16H2,1-3H3. The normalized spacial score (nSPS) is 11.2. The molecule has 0 amide bonds. The van der Waals surface area contributed by atoms with E-state index in [1.165, 1.54) is 13.2 Å². The van der Waals surface area contributed by atoms with Crippen LogP contribution in [0, 0.1) is 13.8 Å². The van der Waals surface area contributed by atoms with Crippen LogP contribution in [0.5, 0.6) is 5.75 Å². The Kier molecular flexibility index (Phi) is 4.09. The Balaban J connectivity index is 2.38. The smallest absolute Gasteiger partial charge is 0.261 e. The molecule has 0 radical (unpaired) electrons. The largest absolute Gasteiger partial charge is 0.497 e. The van der Waals surface area contributed by atoms with E-state index in [1.54, 1.807) is 30.3 Å². The molecule has 5 nitrogen and oxygen atoms in total. The molecule has 2 aromatic rings. The van der Waals surface area contributed by atoms with Gasteiger partial charge >= 0.3 is 0 Å². The number of anilines is 2. The van der Waals surface area contributed by atoms with Crippen molar-refractivity contribution < 1.29 is 13.2 Å². The zero-order valence-corrected chi connectivity index (χ0v) is 13.0. The molecule has 0 atom stereocenters. The van der Waals surface area contributed by atoms with Gasteiger partial charge in [0.15, 0.2) is 0 Å². The number of methoxy groups -OCH3 is 1. The lowest BCUT2D eigenvalue weighted by molar-refractivity contribution is 0.415. The van der Waals surface area contributed by atoms with Crippen molar-refractivity contribution in [2.24, 2.45) is 0 Å². The van der Waals surface area contributed by atoms with Crippen LogP contribution >= 0.6 is 0 Å². The van der Waals surface area contributed by atoms with Gasteiger partial charge in [0.25, 0.3) is 10.0 Å². The Morgan fingerprint density at radius 2 is 1.86 bits per heavy atom. The van der Waals surface area contributed by atoms with Crippen LogP contribution in [0.25, 0.3) is 0 Å². The third kappa shape index (κ3) is 3.28. The van der Waals surface area contributed by atoms with Gasteiger partial charge in [-0.2, -0.15) is 0 Å². The molecule has 0 aromatic heterocycles. The predicted octanol–water partition coefficient (Wildman–Crippen LogP) is 2.70. The Morgan fingerprint density at radius 3 is 2.48 bits per heavy atom. The van der Waals surface area contributed by atoms with E-state index in [2.05, 4.69) is 4.72 Å².